The molecule has 1 aromatic heterocycles. The van der Waals surface area contributed by atoms with E-state index in [9.17, 15) is 4.79 Å². The van der Waals surface area contributed by atoms with E-state index >= 15 is 0 Å². The van der Waals surface area contributed by atoms with Gasteiger partial charge in [-0.3, -0.25) is 0 Å². The molecule has 1 N–H and O–H groups in total. The molecule has 5 heteroatoms. The molecule has 0 fully saturated rings. The predicted octanol–water partition coefficient (Wildman–Crippen LogP) is 2.85. The third-order valence-electron chi connectivity index (χ3n) is 3.10. The lowest BCUT2D eigenvalue weighted by atomic mass is 9.86. The Morgan fingerprint density at radius 3 is 2.30 bits per heavy atom. The largest absolute Gasteiger partial charge is 0.474 e. The number of carbonyl (C=O) groups is 1. The van der Waals surface area contributed by atoms with Gasteiger partial charge in [-0.25, -0.2) is 4.79 Å². The van der Waals surface area contributed by atoms with E-state index in [1.807, 2.05) is 0 Å². The SMILES string of the molecule is CC(C)(C)c1ccc(CCc2nnc(C(=O)O)o2)cc1. The molecule has 0 aliphatic rings. The number of aromatic nitrogens is 2. The van der Waals surface area contributed by atoms with Gasteiger partial charge in [-0.15, -0.1) is 10.2 Å². The molecule has 0 unspecified atom stereocenters. The van der Waals surface area contributed by atoms with Gasteiger partial charge in [-0.05, 0) is 23.0 Å². The summed E-state index contributed by atoms with van der Waals surface area (Å²) in [6.07, 6.45) is 1.28. The van der Waals surface area contributed by atoms with Crippen molar-refractivity contribution in [1.29, 1.82) is 0 Å². The molecule has 20 heavy (non-hydrogen) atoms. The molecule has 0 spiro atoms. The van der Waals surface area contributed by atoms with Crippen molar-refractivity contribution in [1.82, 2.24) is 10.2 Å². The summed E-state index contributed by atoms with van der Waals surface area (Å²) in [5.74, 6) is -1.20. The molecular weight excluding hydrogens is 256 g/mol. The predicted molar refractivity (Wildman–Crippen MR) is 73.8 cm³/mol. The molecule has 0 saturated carbocycles. The third kappa shape index (κ3) is 3.44. The highest BCUT2D eigenvalue weighted by molar-refractivity contribution is 5.81. The molecule has 1 heterocycles. The van der Waals surface area contributed by atoms with Gasteiger partial charge in [0.2, 0.25) is 5.89 Å². The fourth-order valence-corrected chi connectivity index (χ4v) is 1.86. The van der Waals surface area contributed by atoms with Gasteiger partial charge in [0.05, 0.1) is 0 Å². The van der Waals surface area contributed by atoms with Crippen LogP contribution in [0, 0.1) is 0 Å². The van der Waals surface area contributed by atoms with Gasteiger partial charge < -0.3 is 9.52 Å². The normalized spacial score (nSPS) is 11.6. The number of carboxylic acids is 1. The van der Waals surface area contributed by atoms with Crippen molar-refractivity contribution in [2.75, 3.05) is 0 Å². The highest BCUT2D eigenvalue weighted by Crippen LogP contribution is 2.22. The fourth-order valence-electron chi connectivity index (χ4n) is 1.86. The Kier molecular flexibility index (Phi) is 3.88. The van der Waals surface area contributed by atoms with Crippen LogP contribution in [-0.2, 0) is 18.3 Å². The fraction of sp³-hybridized carbons (Fsp3) is 0.400. The number of rotatable bonds is 4. The lowest BCUT2D eigenvalue weighted by molar-refractivity contribution is 0.0651. The van der Waals surface area contributed by atoms with Crippen LogP contribution in [0.15, 0.2) is 28.7 Å². The van der Waals surface area contributed by atoms with Gasteiger partial charge in [0.15, 0.2) is 0 Å². The minimum atomic E-state index is -1.20. The Bertz CT molecular complexity index is 594. The van der Waals surface area contributed by atoms with E-state index < -0.39 is 5.97 Å². The van der Waals surface area contributed by atoms with Crippen molar-refractivity contribution in [3.63, 3.8) is 0 Å². The summed E-state index contributed by atoms with van der Waals surface area (Å²) in [6, 6.07) is 8.39. The Morgan fingerprint density at radius 2 is 1.80 bits per heavy atom. The molecule has 0 atom stereocenters. The van der Waals surface area contributed by atoms with E-state index in [0.717, 1.165) is 12.0 Å². The molecule has 0 bridgehead atoms. The first kappa shape index (κ1) is 14.2. The highest BCUT2D eigenvalue weighted by atomic mass is 16.4. The minimum absolute atomic E-state index is 0.140. The lowest BCUT2D eigenvalue weighted by Gasteiger charge is -2.19. The maximum Gasteiger partial charge on any atom is 0.393 e. The van der Waals surface area contributed by atoms with Crippen LogP contribution in [-0.4, -0.2) is 21.3 Å². The Labute approximate surface area is 117 Å². The molecule has 0 saturated heterocycles. The zero-order valence-electron chi connectivity index (χ0n) is 11.9. The van der Waals surface area contributed by atoms with Crippen molar-refractivity contribution < 1.29 is 14.3 Å². The highest BCUT2D eigenvalue weighted by Gasteiger charge is 2.14. The Hall–Kier alpha value is -2.17. The smallest absolute Gasteiger partial charge is 0.393 e. The van der Waals surface area contributed by atoms with E-state index in [-0.39, 0.29) is 11.3 Å². The van der Waals surface area contributed by atoms with Crippen molar-refractivity contribution in [3.05, 3.63) is 47.2 Å². The molecule has 0 aliphatic carbocycles. The molecule has 2 aromatic rings. The average Bonchev–Trinajstić information content (AvgIpc) is 2.85. The third-order valence-corrected chi connectivity index (χ3v) is 3.10. The van der Waals surface area contributed by atoms with E-state index in [2.05, 4.69) is 55.2 Å². The zero-order valence-corrected chi connectivity index (χ0v) is 11.9. The number of nitrogens with zero attached hydrogens (tertiary/aromatic N) is 2. The summed E-state index contributed by atoms with van der Waals surface area (Å²) >= 11 is 0. The number of aryl methyl sites for hydroxylation is 2. The van der Waals surface area contributed by atoms with Crippen LogP contribution in [0.2, 0.25) is 0 Å². The number of aromatic carboxylic acids is 1. The second kappa shape index (κ2) is 5.45. The van der Waals surface area contributed by atoms with Gasteiger partial charge >= 0.3 is 11.9 Å². The van der Waals surface area contributed by atoms with Crippen LogP contribution in [0.1, 0.15) is 48.5 Å². The molecule has 106 valence electrons. The van der Waals surface area contributed by atoms with E-state index in [1.165, 1.54) is 5.56 Å². The first-order valence-electron chi connectivity index (χ1n) is 6.51. The number of benzene rings is 1. The maximum absolute atomic E-state index is 10.6. The second-order valence-electron chi connectivity index (χ2n) is 5.75. The van der Waals surface area contributed by atoms with Crippen LogP contribution in [0.5, 0.6) is 0 Å². The maximum atomic E-state index is 10.6. The first-order chi connectivity index (χ1) is 9.36. The van der Waals surface area contributed by atoms with Crippen LogP contribution in [0.4, 0.5) is 0 Å². The molecule has 2 rings (SSSR count). The number of hydrogen-bond acceptors (Lipinski definition) is 4. The average molecular weight is 274 g/mol. The van der Waals surface area contributed by atoms with Crippen molar-refractivity contribution in [2.24, 2.45) is 0 Å². The van der Waals surface area contributed by atoms with E-state index in [1.54, 1.807) is 0 Å². The molecular formula is C15H18N2O3. The van der Waals surface area contributed by atoms with Crippen molar-refractivity contribution >= 4 is 5.97 Å². The Balaban J connectivity index is 1.98. The minimum Gasteiger partial charge on any atom is -0.474 e. The Morgan fingerprint density at radius 1 is 1.15 bits per heavy atom. The molecule has 0 radical (unpaired) electrons. The lowest BCUT2D eigenvalue weighted by Crippen LogP contribution is -2.10. The quantitative estimate of drug-likeness (QED) is 0.927. The molecule has 0 amide bonds. The van der Waals surface area contributed by atoms with Gasteiger partial charge in [0.25, 0.3) is 0 Å². The summed E-state index contributed by atoms with van der Waals surface area (Å²) in [6.45, 7) is 6.52. The monoisotopic (exact) mass is 274 g/mol. The number of hydrogen-bond donors (Lipinski definition) is 1. The molecule has 0 aliphatic heterocycles. The summed E-state index contributed by atoms with van der Waals surface area (Å²) in [5, 5.41) is 15.9. The second-order valence-corrected chi connectivity index (χ2v) is 5.75. The summed E-state index contributed by atoms with van der Waals surface area (Å²) in [7, 11) is 0. The zero-order chi connectivity index (χ0) is 14.8. The van der Waals surface area contributed by atoms with Crippen LogP contribution >= 0.6 is 0 Å². The van der Waals surface area contributed by atoms with E-state index in [0.29, 0.717) is 12.3 Å². The van der Waals surface area contributed by atoms with Crippen LogP contribution in [0.25, 0.3) is 0 Å². The molecule has 5 nitrogen and oxygen atoms in total. The summed E-state index contributed by atoms with van der Waals surface area (Å²) in [4.78, 5) is 10.6. The van der Waals surface area contributed by atoms with Gasteiger partial charge in [0, 0.05) is 6.42 Å². The topological polar surface area (TPSA) is 76.2 Å². The van der Waals surface area contributed by atoms with Crippen molar-refractivity contribution in [3.8, 4) is 0 Å². The van der Waals surface area contributed by atoms with E-state index in [4.69, 9.17) is 9.52 Å². The number of carboxylic acid groups (broad SMARTS) is 1. The van der Waals surface area contributed by atoms with Gasteiger partial charge in [0.1, 0.15) is 0 Å². The summed E-state index contributed by atoms with van der Waals surface area (Å²) < 4.78 is 5.02. The van der Waals surface area contributed by atoms with Gasteiger partial charge in [-0.1, -0.05) is 45.0 Å². The standard InChI is InChI=1S/C15H18N2O3/c1-15(2,3)11-7-4-10(5-8-11)6-9-12-16-17-13(20-12)14(18)19/h4-5,7-8H,6,9H2,1-3H3,(H,18,19). The summed E-state index contributed by atoms with van der Waals surface area (Å²) in [5.41, 5.74) is 2.58. The molecule has 1 aromatic carbocycles. The van der Waals surface area contributed by atoms with Crippen LogP contribution in [0.3, 0.4) is 0 Å². The first-order valence-corrected chi connectivity index (χ1v) is 6.51. The van der Waals surface area contributed by atoms with Crippen LogP contribution < -0.4 is 0 Å². The van der Waals surface area contributed by atoms with Gasteiger partial charge in [-0.2, -0.15) is 0 Å². The van der Waals surface area contributed by atoms with Crippen molar-refractivity contribution in [2.45, 2.75) is 39.0 Å².